The van der Waals surface area contributed by atoms with Gasteiger partial charge in [-0.2, -0.15) is 0 Å². The van der Waals surface area contributed by atoms with Crippen LogP contribution in [0.2, 0.25) is 0 Å². The summed E-state index contributed by atoms with van der Waals surface area (Å²) in [4.78, 5) is 24.6. The van der Waals surface area contributed by atoms with E-state index in [1.165, 1.54) is 7.11 Å². The van der Waals surface area contributed by atoms with Gasteiger partial charge < -0.3 is 9.47 Å². The summed E-state index contributed by atoms with van der Waals surface area (Å²) in [5, 5.41) is 0. The lowest BCUT2D eigenvalue weighted by atomic mass is 10.2. The molecular formula is C16H20BrNO4. The molecule has 22 heavy (non-hydrogen) atoms. The predicted octanol–water partition coefficient (Wildman–Crippen LogP) is 4.47. The molecule has 0 aliphatic carbocycles. The summed E-state index contributed by atoms with van der Waals surface area (Å²) in [6.45, 7) is 5.27. The molecule has 0 saturated carbocycles. The second kappa shape index (κ2) is 7.98. The number of hydrogen-bond donors (Lipinski definition) is 0. The summed E-state index contributed by atoms with van der Waals surface area (Å²) in [5.41, 5.74) is 0.264. The minimum atomic E-state index is -0.756. The highest BCUT2D eigenvalue weighted by molar-refractivity contribution is 9.10. The molecule has 1 aromatic carbocycles. The van der Waals surface area contributed by atoms with Crippen LogP contribution in [0.3, 0.4) is 0 Å². The van der Waals surface area contributed by atoms with Crippen molar-refractivity contribution in [1.29, 1.82) is 0 Å². The van der Waals surface area contributed by atoms with E-state index in [4.69, 9.17) is 4.74 Å². The number of carbonyl (C=O) groups excluding carboxylic acids is 2. The molecule has 0 unspecified atom stereocenters. The third kappa shape index (κ3) is 6.30. The molecular weight excluding hydrogens is 350 g/mol. The van der Waals surface area contributed by atoms with Crippen molar-refractivity contribution in [3.63, 3.8) is 0 Å². The molecule has 0 radical (unpaired) electrons. The molecule has 6 heteroatoms. The van der Waals surface area contributed by atoms with Gasteiger partial charge in [0.25, 0.3) is 0 Å². The van der Waals surface area contributed by atoms with Gasteiger partial charge in [-0.05, 0) is 38.5 Å². The monoisotopic (exact) mass is 369 g/mol. The molecule has 0 aliphatic rings. The van der Waals surface area contributed by atoms with Crippen LogP contribution < -0.4 is 0 Å². The number of methoxy groups -OCH3 is 1. The van der Waals surface area contributed by atoms with E-state index in [9.17, 15) is 9.59 Å². The number of hydrogen-bond acceptors (Lipinski definition) is 4. The van der Waals surface area contributed by atoms with Crippen LogP contribution in [0.15, 0.2) is 34.8 Å². The van der Waals surface area contributed by atoms with E-state index in [1.54, 1.807) is 26.8 Å². The first-order valence-corrected chi connectivity index (χ1v) is 7.53. The van der Waals surface area contributed by atoms with Gasteiger partial charge in [0, 0.05) is 4.47 Å². The molecule has 0 N–H and O–H groups in total. The Labute approximate surface area is 139 Å². The van der Waals surface area contributed by atoms with Crippen molar-refractivity contribution >= 4 is 34.2 Å². The van der Waals surface area contributed by atoms with Gasteiger partial charge in [-0.15, -0.1) is 0 Å². The molecule has 0 aromatic heterocycles. The first kappa shape index (κ1) is 18.2. The van der Waals surface area contributed by atoms with Crippen LogP contribution in [0, 0.1) is 0 Å². The van der Waals surface area contributed by atoms with Crippen molar-refractivity contribution in [2.45, 2.75) is 26.4 Å². The molecule has 0 spiro atoms. The maximum atomic E-state index is 12.0. The summed E-state index contributed by atoms with van der Waals surface area (Å²) in [6.07, 6.45) is 2.01. The van der Waals surface area contributed by atoms with E-state index >= 15 is 0 Å². The van der Waals surface area contributed by atoms with Crippen molar-refractivity contribution in [3.05, 3.63) is 40.4 Å². The lowest BCUT2D eigenvalue weighted by Gasteiger charge is -2.24. The number of imide groups is 1. The van der Waals surface area contributed by atoms with E-state index in [2.05, 4.69) is 20.7 Å². The molecule has 0 aliphatic heterocycles. The number of amides is 2. The lowest BCUT2D eigenvalue weighted by molar-refractivity contribution is 0.0267. The second-order valence-corrected chi connectivity index (χ2v) is 6.43. The summed E-state index contributed by atoms with van der Waals surface area (Å²) in [7, 11) is 1.22. The van der Waals surface area contributed by atoms with Gasteiger partial charge in [0.15, 0.2) is 0 Å². The van der Waals surface area contributed by atoms with Crippen LogP contribution in [0.4, 0.5) is 9.59 Å². The Kier molecular flexibility index (Phi) is 6.61. The van der Waals surface area contributed by atoms with Gasteiger partial charge in [0.05, 0.1) is 13.7 Å². The average molecular weight is 370 g/mol. The normalized spacial score (nSPS) is 11.3. The van der Waals surface area contributed by atoms with Crippen molar-refractivity contribution in [3.8, 4) is 0 Å². The molecule has 0 heterocycles. The van der Waals surface area contributed by atoms with Crippen LogP contribution in [0.5, 0.6) is 0 Å². The van der Waals surface area contributed by atoms with Gasteiger partial charge >= 0.3 is 12.2 Å². The lowest BCUT2D eigenvalue weighted by Crippen LogP contribution is -2.40. The highest BCUT2D eigenvalue weighted by Gasteiger charge is 2.26. The molecule has 0 atom stereocenters. The number of ether oxygens (including phenoxy) is 2. The summed E-state index contributed by atoms with van der Waals surface area (Å²) >= 11 is 3.38. The Bertz CT molecular complexity index is 564. The molecule has 0 fully saturated rings. The van der Waals surface area contributed by atoms with E-state index in [0.717, 1.165) is 14.9 Å². The quantitative estimate of drug-likeness (QED) is 0.788. The van der Waals surface area contributed by atoms with E-state index in [-0.39, 0.29) is 6.54 Å². The largest absolute Gasteiger partial charge is 0.452 e. The van der Waals surface area contributed by atoms with Crippen molar-refractivity contribution in [2.24, 2.45) is 0 Å². The Morgan fingerprint density at radius 1 is 1.27 bits per heavy atom. The predicted molar refractivity (Wildman–Crippen MR) is 88.5 cm³/mol. The Hall–Kier alpha value is -1.82. The van der Waals surface area contributed by atoms with Gasteiger partial charge in [0.1, 0.15) is 5.60 Å². The summed E-state index contributed by atoms with van der Waals surface area (Å²) < 4.78 is 10.8. The second-order valence-electron chi connectivity index (χ2n) is 5.52. The Balaban J connectivity index is 2.77. The fraction of sp³-hybridized carbons (Fsp3) is 0.375. The standard InChI is InChI=1S/C16H20BrNO4/c1-16(2,3)22-15(20)18(14(19)21-4)10-6-8-12-7-5-9-13(17)11-12/h5-9,11H,10H2,1-4H3/b8-6+. The summed E-state index contributed by atoms with van der Waals surface area (Å²) in [5.74, 6) is 0. The average Bonchev–Trinajstić information content (AvgIpc) is 2.41. The third-order valence-electron chi connectivity index (χ3n) is 2.46. The Morgan fingerprint density at radius 2 is 1.95 bits per heavy atom. The van der Waals surface area contributed by atoms with Crippen LogP contribution >= 0.6 is 15.9 Å². The van der Waals surface area contributed by atoms with E-state index in [0.29, 0.717) is 0 Å². The summed E-state index contributed by atoms with van der Waals surface area (Å²) in [6, 6.07) is 7.65. The van der Waals surface area contributed by atoms with Crippen molar-refractivity contribution in [1.82, 2.24) is 4.90 Å². The van der Waals surface area contributed by atoms with Crippen LogP contribution in [-0.2, 0) is 9.47 Å². The third-order valence-corrected chi connectivity index (χ3v) is 2.95. The maximum Gasteiger partial charge on any atom is 0.420 e. The number of rotatable bonds is 3. The highest BCUT2D eigenvalue weighted by atomic mass is 79.9. The molecule has 1 rings (SSSR count). The van der Waals surface area contributed by atoms with Crippen LogP contribution in [0.25, 0.3) is 6.08 Å². The van der Waals surface area contributed by atoms with Gasteiger partial charge in [-0.1, -0.05) is 40.2 Å². The van der Waals surface area contributed by atoms with E-state index < -0.39 is 17.8 Å². The first-order valence-electron chi connectivity index (χ1n) is 6.73. The molecule has 2 amide bonds. The molecule has 120 valence electrons. The number of nitrogens with zero attached hydrogens (tertiary/aromatic N) is 1. The van der Waals surface area contributed by atoms with Gasteiger partial charge in [-0.3, -0.25) is 0 Å². The van der Waals surface area contributed by atoms with Crippen molar-refractivity contribution < 1.29 is 19.1 Å². The molecule has 5 nitrogen and oxygen atoms in total. The molecule has 1 aromatic rings. The zero-order valence-corrected chi connectivity index (χ0v) is 14.7. The topological polar surface area (TPSA) is 55.8 Å². The minimum absolute atomic E-state index is 0.0636. The van der Waals surface area contributed by atoms with Gasteiger partial charge in [-0.25, -0.2) is 14.5 Å². The highest BCUT2D eigenvalue weighted by Crippen LogP contribution is 2.14. The Morgan fingerprint density at radius 3 is 2.50 bits per heavy atom. The fourth-order valence-corrected chi connectivity index (χ4v) is 1.97. The van der Waals surface area contributed by atoms with Crippen LogP contribution in [-0.4, -0.2) is 36.3 Å². The first-order chi connectivity index (χ1) is 10.2. The zero-order valence-electron chi connectivity index (χ0n) is 13.1. The SMILES string of the molecule is COC(=O)N(C/C=C/c1cccc(Br)c1)C(=O)OC(C)(C)C. The van der Waals surface area contributed by atoms with Crippen LogP contribution in [0.1, 0.15) is 26.3 Å². The number of halogens is 1. The zero-order chi connectivity index (χ0) is 16.8. The fourth-order valence-electron chi connectivity index (χ4n) is 1.56. The molecule has 0 bridgehead atoms. The van der Waals surface area contributed by atoms with Gasteiger partial charge in [0.2, 0.25) is 0 Å². The minimum Gasteiger partial charge on any atom is -0.452 e. The maximum absolute atomic E-state index is 12.0. The van der Waals surface area contributed by atoms with E-state index in [1.807, 2.05) is 30.3 Å². The molecule has 0 saturated heterocycles. The van der Waals surface area contributed by atoms with Crippen molar-refractivity contribution in [2.75, 3.05) is 13.7 Å². The smallest absolute Gasteiger partial charge is 0.420 e. The number of carbonyl (C=O) groups is 2. The number of benzene rings is 1.